The molecule has 106 valence electrons. The molecule has 0 N–H and O–H groups in total. The average Bonchev–Trinajstić information content (AvgIpc) is 2.79. The minimum absolute atomic E-state index is 0.253. The first kappa shape index (κ1) is 13.4. The van der Waals surface area contributed by atoms with Gasteiger partial charge in [0.15, 0.2) is 5.75 Å². The predicted octanol–water partition coefficient (Wildman–Crippen LogP) is 3.75. The number of fused-ring (bicyclic) bond motifs is 1. The molecular weight excluding hydrogens is 269 g/mol. The van der Waals surface area contributed by atoms with Crippen molar-refractivity contribution in [1.29, 1.82) is 0 Å². The molecule has 0 radical (unpaired) electrons. The molecule has 0 aliphatic rings. The second-order valence-corrected chi connectivity index (χ2v) is 4.86. The van der Waals surface area contributed by atoms with E-state index in [0.29, 0.717) is 12.3 Å². The van der Waals surface area contributed by atoms with Crippen molar-refractivity contribution in [3.05, 3.63) is 66.1 Å². The summed E-state index contributed by atoms with van der Waals surface area (Å²) in [4.78, 5) is 11.2. The van der Waals surface area contributed by atoms with E-state index in [1.807, 2.05) is 28.8 Å². The van der Waals surface area contributed by atoms with Gasteiger partial charge in [-0.2, -0.15) is 0 Å². The molecule has 0 aliphatic heterocycles. The average molecular weight is 283 g/mol. The van der Waals surface area contributed by atoms with Crippen LogP contribution in [-0.2, 0) is 11.3 Å². The molecule has 1 heterocycles. The summed E-state index contributed by atoms with van der Waals surface area (Å²) in [5.74, 6) is -0.0587. The molecule has 0 saturated heterocycles. The molecule has 21 heavy (non-hydrogen) atoms. The fourth-order valence-electron chi connectivity index (χ4n) is 2.37. The monoisotopic (exact) mass is 283 g/mol. The highest BCUT2D eigenvalue weighted by atomic mass is 19.1. The van der Waals surface area contributed by atoms with E-state index in [4.69, 9.17) is 4.74 Å². The lowest BCUT2D eigenvalue weighted by Crippen LogP contribution is -2.01. The van der Waals surface area contributed by atoms with Crippen LogP contribution < -0.4 is 4.74 Å². The Morgan fingerprint density at radius 2 is 1.86 bits per heavy atom. The summed E-state index contributed by atoms with van der Waals surface area (Å²) in [6.07, 6.45) is 1.80. The third kappa shape index (κ3) is 2.79. The highest BCUT2D eigenvalue weighted by molar-refractivity contribution is 5.89. The summed E-state index contributed by atoms with van der Waals surface area (Å²) in [6.45, 7) is 1.97. The molecule has 2 aromatic carbocycles. The summed E-state index contributed by atoms with van der Waals surface area (Å²) in [7, 11) is 0. The molecule has 0 atom stereocenters. The van der Waals surface area contributed by atoms with Gasteiger partial charge in [-0.1, -0.05) is 24.3 Å². The zero-order chi connectivity index (χ0) is 14.8. The van der Waals surface area contributed by atoms with Gasteiger partial charge in [0.1, 0.15) is 5.82 Å². The lowest BCUT2D eigenvalue weighted by molar-refractivity contribution is -0.131. The predicted molar refractivity (Wildman–Crippen MR) is 78.7 cm³/mol. The SMILES string of the molecule is CC(=O)Oc1cn(Cc2ccc(F)cc2)c2ccccc12. The Hall–Kier alpha value is -2.62. The molecule has 4 heteroatoms. The lowest BCUT2D eigenvalue weighted by Gasteiger charge is -2.05. The van der Waals surface area contributed by atoms with Gasteiger partial charge in [0, 0.05) is 25.1 Å². The van der Waals surface area contributed by atoms with Crippen molar-refractivity contribution < 1.29 is 13.9 Å². The number of halogens is 1. The second kappa shape index (κ2) is 5.40. The first-order valence-electron chi connectivity index (χ1n) is 6.64. The Bertz CT molecular complexity index is 790. The van der Waals surface area contributed by atoms with E-state index in [-0.39, 0.29) is 11.8 Å². The van der Waals surface area contributed by atoms with Crippen molar-refractivity contribution in [2.75, 3.05) is 0 Å². The van der Waals surface area contributed by atoms with Crippen molar-refractivity contribution in [3.63, 3.8) is 0 Å². The lowest BCUT2D eigenvalue weighted by atomic mass is 10.2. The van der Waals surface area contributed by atoms with E-state index in [2.05, 4.69) is 0 Å². The van der Waals surface area contributed by atoms with Gasteiger partial charge >= 0.3 is 5.97 Å². The Morgan fingerprint density at radius 3 is 2.57 bits per heavy atom. The highest BCUT2D eigenvalue weighted by Gasteiger charge is 2.11. The maximum Gasteiger partial charge on any atom is 0.308 e. The van der Waals surface area contributed by atoms with Crippen LogP contribution in [0.2, 0.25) is 0 Å². The maximum absolute atomic E-state index is 13.0. The van der Waals surface area contributed by atoms with Crippen LogP contribution in [0.4, 0.5) is 4.39 Å². The number of carbonyl (C=O) groups excluding carboxylic acids is 1. The fourth-order valence-corrected chi connectivity index (χ4v) is 2.37. The van der Waals surface area contributed by atoms with Crippen LogP contribution in [0.3, 0.4) is 0 Å². The molecule has 1 aromatic heterocycles. The summed E-state index contributed by atoms with van der Waals surface area (Å²) < 4.78 is 20.2. The number of aromatic nitrogens is 1. The molecule has 0 saturated carbocycles. The Labute approximate surface area is 121 Å². The molecule has 3 aromatic rings. The van der Waals surface area contributed by atoms with Crippen LogP contribution in [0.25, 0.3) is 10.9 Å². The Balaban J connectivity index is 2.01. The topological polar surface area (TPSA) is 31.2 Å². The van der Waals surface area contributed by atoms with E-state index >= 15 is 0 Å². The van der Waals surface area contributed by atoms with Crippen LogP contribution in [0.15, 0.2) is 54.7 Å². The van der Waals surface area contributed by atoms with E-state index in [0.717, 1.165) is 16.5 Å². The van der Waals surface area contributed by atoms with Gasteiger partial charge in [0.05, 0.1) is 5.52 Å². The van der Waals surface area contributed by atoms with Crippen LogP contribution >= 0.6 is 0 Å². The number of carbonyl (C=O) groups is 1. The first-order chi connectivity index (χ1) is 10.1. The summed E-state index contributed by atoms with van der Waals surface area (Å²) in [5.41, 5.74) is 1.95. The largest absolute Gasteiger partial charge is 0.424 e. The fraction of sp³-hybridized carbons (Fsp3) is 0.118. The molecule has 0 aliphatic carbocycles. The number of hydrogen-bond acceptors (Lipinski definition) is 2. The minimum Gasteiger partial charge on any atom is -0.424 e. The van der Waals surface area contributed by atoms with Gasteiger partial charge in [-0.3, -0.25) is 4.79 Å². The normalized spacial score (nSPS) is 10.8. The zero-order valence-electron chi connectivity index (χ0n) is 11.5. The van der Waals surface area contributed by atoms with Gasteiger partial charge in [0.25, 0.3) is 0 Å². The van der Waals surface area contributed by atoms with Crippen LogP contribution in [-0.4, -0.2) is 10.5 Å². The quantitative estimate of drug-likeness (QED) is 0.685. The van der Waals surface area contributed by atoms with E-state index in [9.17, 15) is 9.18 Å². The number of nitrogens with zero attached hydrogens (tertiary/aromatic N) is 1. The summed E-state index contributed by atoms with van der Waals surface area (Å²) >= 11 is 0. The van der Waals surface area contributed by atoms with Crippen LogP contribution in [0.1, 0.15) is 12.5 Å². The van der Waals surface area contributed by atoms with Crippen molar-refractivity contribution in [2.24, 2.45) is 0 Å². The van der Waals surface area contributed by atoms with Gasteiger partial charge in [-0.15, -0.1) is 0 Å². The standard InChI is InChI=1S/C17H14FNO2/c1-12(20)21-17-11-19(16-5-3-2-4-15(16)17)10-13-6-8-14(18)9-7-13/h2-9,11H,10H2,1H3. The molecule has 3 nitrogen and oxygen atoms in total. The highest BCUT2D eigenvalue weighted by Crippen LogP contribution is 2.28. The Kier molecular flexibility index (Phi) is 3.44. The second-order valence-electron chi connectivity index (χ2n) is 4.86. The summed E-state index contributed by atoms with van der Waals surface area (Å²) in [5, 5.41) is 0.884. The third-order valence-corrected chi connectivity index (χ3v) is 3.27. The van der Waals surface area contributed by atoms with Crippen LogP contribution in [0, 0.1) is 5.82 Å². The minimum atomic E-state index is -0.348. The number of rotatable bonds is 3. The number of hydrogen-bond donors (Lipinski definition) is 0. The van der Waals surface area contributed by atoms with Gasteiger partial charge < -0.3 is 9.30 Å². The molecule has 0 spiro atoms. The number of ether oxygens (including phenoxy) is 1. The Morgan fingerprint density at radius 1 is 1.14 bits per heavy atom. The zero-order valence-corrected chi connectivity index (χ0v) is 11.5. The van der Waals surface area contributed by atoms with Crippen molar-refractivity contribution in [2.45, 2.75) is 13.5 Å². The summed E-state index contributed by atoms with van der Waals surface area (Å²) in [6, 6.07) is 14.1. The smallest absolute Gasteiger partial charge is 0.308 e. The molecule has 0 unspecified atom stereocenters. The van der Waals surface area contributed by atoms with Crippen molar-refractivity contribution >= 4 is 16.9 Å². The third-order valence-electron chi connectivity index (χ3n) is 3.27. The molecule has 0 fully saturated rings. The molecular formula is C17H14FNO2. The van der Waals surface area contributed by atoms with Gasteiger partial charge in [-0.25, -0.2) is 4.39 Å². The van der Waals surface area contributed by atoms with E-state index in [1.165, 1.54) is 19.1 Å². The van der Waals surface area contributed by atoms with Crippen molar-refractivity contribution in [1.82, 2.24) is 4.57 Å². The maximum atomic E-state index is 13.0. The van der Waals surface area contributed by atoms with E-state index in [1.54, 1.807) is 18.3 Å². The van der Waals surface area contributed by atoms with Gasteiger partial charge in [0.2, 0.25) is 0 Å². The number of esters is 1. The van der Waals surface area contributed by atoms with Crippen molar-refractivity contribution in [3.8, 4) is 5.75 Å². The van der Waals surface area contributed by atoms with Crippen LogP contribution in [0.5, 0.6) is 5.75 Å². The van der Waals surface area contributed by atoms with Gasteiger partial charge in [-0.05, 0) is 29.8 Å². The molecule has 0 amide bonds. The molecule has 0 bridgehead atoms. The first-order valence-corrected chi connectivity index (χ1v) is 6.64. The number of benzene rings is 2. The van der Waals surface area contributed by atoms with E-state index < -0.39 is 0 Å². The molecule has 3 rings (SSSR count). The number of para-hydroxylation sites is 1.